The summed E-state index contributed by atoms with van der Waals surface area (Å²) in [5.41, 5.74) is -1.94. The summed E-state index contributed by atoms with van der Waals surface area (Å²) in [4.78, 5) is 24.4. The Bertz CT molecular complexity index is 302. The fourth-order valence-electron chi connectivity index (χ4n) is 1.50. The number of nitrogens with zero attached hydrogens (tertiary/aromatic N) is 1. The normalized spacial score (nSPS) is 12.5. The van der Waals surface area contributed by atoms with Gasteiger partial charge in [0.25, 0.3) is 0 Å². The second kappa shape index (κ2) is 4.94. The fourth-order valence-corrected chi connectivity index (χ4v) is 1.50. The van der Waals surface area contributed by atoms with E-state index in [4.69, 9.17) is 9.84 Å². The lowest BCUT2D eigenvalue weighted by molar-refractivity contribution is -0.150. The Kier molecular flexibility index (Phi) is 4.57. The molecule has 0 spiro atoms. The average molecular weight is 245 g/mol. The molecule has 0 aromatic heterocycles. The molecule has 0 aromatic rings. The minimum absolute atomic E-state index is 0.254. The van der Waals surface area contributed by atoms with Crippen LogP contribution in [0, 0.1) is 0 Å². The van der Waals surface area contributed by atoms with Gasteiger partial charge in [-0.15, -0.1) is 0 Å². The number of hydrogen-bond donors (Lipinski definition) is 1. The van der Waals surface area contributed by atoms with Gasteiger partial charge in [-0.2, -0.15) is 0 Å². The Morgan fingerprint density at radius 3 is 1.76 bits per heavy atom. The van der Waals surface area contributed by atoms with Gasteiger partial charge in [0.2, 0.25) is 0 Å². The Balaban J connectivity index is 5.13. The van der Waals surface area contributed by atoms with Gasteiger partial charge in [0, 0.05) is 6.04 Å². The quantitative estimate of drug-likeness (QED) is 0.829. The van der Waals surface area contributed by atoms with Crippen molar-refractivity contribution in [1.29, 1.82) is 0 Å². The molecule has 0 rings (SSSR count). The fraction of sp³-hybridized carbons (Fsp3) is 0.833. The maximum atomic E-state index is 12.0. The first-order chi connectivity index (χ1) is 7.39. The van der Waals surface area contributed by atoms with E-state index in [1.54, 1.807) is 34.6 Å². The molecular formula is C12H23NO4. The minimum atomic E-state index is -1.30. The molecule has 0 atom stereocenters. The van der Waals surface area contributed by atoms with Crippen LogP contribution in [-0.4, -0.2) is 39.3 Å². The lowest BCUT2D eigenvalue weighted by Crippen LogP contribution is -2.57. The number of ether oxygens (including phenoxy) is 1. The average Bonchev–Trinajstić information content (AvgIpc) is 1.97. The highest BCUT2D eigenvalue weighted by molar-refractivity contribution is 5.83. The Morgan fingerprint density at radius 2 is 1.53 bits per heavy atom. The van der Waals surface area contributed by atoms with E-state index < -0.39 is 23.2 Å². The van der Waals surface area contributed by atoms with Crippen molar-refractivity contribution >= 4 is 12.1 Å². The van der Waals surface area contributed by atoms with Gasteiger partial charge in [0.15, 0.2) is 0 Å². The van der Waals surface area contributed by atoms with Crippen LogP contribution in [0.4, 0.5) is 4.79 Å². The third-order valence-electron chi connectivity index (χ3n) is 2.23. The molecule has 5 heteroatoms. The van der Waals surface area contributed by atoms with Crippen LogP contribution in [0.2, 0.25) is 0 Å². The van der Waals surface area contributed by atoms with Gasteiger partial charge in [-0.1, -0.05) is 0 Å². The van der Waals surface area contributed by atoms with Crippen LogP contribution >= 0.6 is 0 Å². The Hall–Kier alpha value is -1.26. The standard InChI is InChI=1S/C12H23NO4/c1-8(2)13(12(6,7)9(14)15)10(16)17-11(3,4)5/h8H,1-7H3,(H,14,15). The number of carbonyl (C=O) groups excluding carboxylic acids is 1. The van der Waals surface area contributed by atoms with Gasteiger partial charge in [-0.25, -0.2) is 9.59 Å². The predicted molar refractivity (Wildman–Crippen MR) is 64.9 cm³/mol. The third-order valence-corrected chi connectivity index (χ3v) is 2.23. The van der Waals surface area contributed by atoms with Gasteiger partial charge < -0.3 is 9.84 Å². The van der Waals surface area contributed by atoms with Crippen molar-refractivity contribution < 1.29 is 19.4 Å². The van der Waals surface area contributed by atoms with Crippen LogP contribution in [0.5, 0.6) is 0 Å². The van der Waals surface area contributed by atoms with Crippen molar-refractivity contribution in [2.24, 2.45) is 0 Å². The molecule has 1 N–H and O–H groups in total. The van der Waals surface area contributed by atoms with Crippen molar-refractivity contribution in [3.05, 3.63) is 0 Å². The largest absolute Gasteiger partial charge is 0.480 e. The van der Waals surface area contributed by atoms with Crippen LogP contribution in [-0.2, 0) is 9.53 Å². The predicted octanol–water partition coefficient (Wildman–Crippen LogP) is 2.50. The number of carboxylic acid groups (broad SMARTS) is 1. The molecule has 0 aliphatic heterocycles. The molecule has 0 saturated heterocycles. The summed E-state index contributed by atoms with van der Waals surface area (Å²) in [7, 11) is 0. The van der Waals surface area contributed by atoms with Crippen LogP contribution in [0.25, 0.3) is 0 Å². The van der Waals surface area contributed by atoms with E-state index in [2.05, 4.69) is 0 Å². The zero-order valence-electron chi connectivity index (χ0n) is 11.7. The van der Waals surface area contributed by atoms with Gasteiger partial charge >= 0.3 is 12.1 Å². The SMILES string of the molecule is CC(C)N(C(=O)OC(C)(C)C)C(C)(C)C(=O)O. The zero-order chi connectivity index (χ0) is 14.0. The number of aliphatic carboxylic acids is 1. The summed E-state index contributed by atoms with van der Waals surface area (Å²) < 4.78 is 5.22. The molecule has 1 amide bonds. The van der Waals surface area contributed by atoms with E-state index in [1.165, 1.54) is 18.7 Å². The lowest BCUT2D eigenvalue weighted by atomic mass is 10.0. The van der Waals surface area contributed by atoms with E-state index >= 15 is 0 Å². The molecule has 5 nitrogen and oxygen atoms in total. The minimum Gasteiger partial charge on any atom is -0.480 e. The highest BCUT2D eigenvalue weighted by Crippen LogP contribution is 2.22. The lowest BCUT2D eigenvalue weighted by Gasteiger charge is -2.38. The molecular weight excluding hydrogens is 222 g/mol. The summed E-state index contributed by atoms with van der Waals surface area (Å²) in [6.45, 7) is 11.7. The number of carbonyl (C=O) groups is 2. The van der Waals surface area contributed by atoms with Crippen molar-refractivity contribution in [2.45, 2.75) is 65.6 Å². The van der Waals surface area contributed by atoms with Crippen molar-refractivity contribution in [2.75, 3.05) is 0 Å². The Labute approximate surface area is 103 Å². The molecule has 0 fully saturated rings. The number of rotatable bonds is 3. The summed E-state index contributed by atoms with van der Waals surface area (Å²) in [5, 5.41) is 9.16. The number of hydrogen-bond acceptors (Lipinski definition) is 3. The zero-order valence-corrected chi connectivity index (χ0v) is 11.7. The molecule has 0 radical (unpaired) electrons. The first-order valence-electron chi connectivity index (χ1n) is 5.65. The molecule has 100 valence electrons. The monoisotopic (exact) mass is 245 g/mol. The van der Waals surface area contributed by atoms with E-state index in [1.807, 2.05) is 0 Å². The highest BCUT2D eigenvalue weighted by Gasteiger charge is 2.41. The maximum absolute atomic E-state index is 12.0. The highest BCUT2D eigenvalue weighted by atomic mass is 16.6. The van der Waals surface area contributed by atoms with Gasteiger partial charge in [-0.05, 0) is 48.5 Å². The first kappa shape index (κ1) is 15.7. The van der Waals surface area contributed by atoms with Crippen molar-refractivity contribution in [3.8, 4) is 0 Å². The van der Waals surface area contributed by atoms with Crippen molar-refractivity contribution in [1.82, 2.24) is 4.90 Å². The molecule has 17 heavy (non-hydrogen) atoms. The van der Waals surface area contributed by atoms with Crippen molar-refractivity contribution in [3.63, 3.8) is 0 Å². The second-order valence-electron chi connectivity index (χ2n) is 5.81. The van der Waals surface area contributed by atoms with Crippen LogP contribution in [0.15, 0.2) is 0 Å². The van der Waals surface area contributed by atoms with Crippen LogP contribution < -0.4 is 0 Å². The molecule has 0 aliphatic rings. The van der Waals surface area contributed by atoms with E-state index in [0.29, 0.717) is 0 Å². The molecule has 0 saturated carbocycles. The molecule has 0 unspecified atom stereocenters. The summed E-state index contributed by atoms with van der Waals surface area (Å²) in [6, 6.07) is -0.254. The maximum Gasteiger partial charge on any atom is 0.411 e. The number of amides is 1. The van der Waals surface area contributed by atoms with Gasteiger partial charge in [-0.3, -0.25) is 4.90 Å². The second-order valence-corrected chi connectivity index (χ2v) is 5.81. The Morgan fingerprint density at radius 1 is 1.12 bits per heavy atom. The third kappa shape index (κ3) is 4.24. The van der Waals surface area contributed by atoms with Crippen LogP contribution in [0.3, 0.4) is 0 Å². The summed E-state index contributed by atoms with van der Waals surface area (Å²) >= 11 is 0. The smallest absolute Gasteiger partial charge is 0.411 e. The van der Waals surface area contributed by atoms with E-state index in [9.17, 15) is 9.59 Å². The molecule has 0 aliphatic carbocycles. The molecule has 0 heterocycles. The molecule has 0 bridgehead atoms. The van der Waals surface area contributed by atoms with Gasteiger partial charge in [0.05, 0.1) is 0 Å². The molecule has 0 aromatic carbocycles. The van der Waals surface area contributed by atoms with Crippen LogP contribution in [0.1, 0.15) is 48.5 Å². The van der Waals surface area contributed by atoms with Gasteiger partial charge in [0.1, 0.15) is 11.1 Å². The topological polar surface area (TPSA) is 66.8 Å². The van der Waals surface area contributed by atoms with E-state index in [-0.39, 0.29) is 6.04 Å². The summed E-state index contributed by atoms with van der Waals surface area (Å²) in [6.07, 6.45) is -0.611. The number of carboxylic acids is 1. The van der Waals surface area contributed by atoms with E-state index in [0.717, 1.165) is 0 Å². The summed E-state index contributed by atoms with van der Waals surface area (Å²) in [5.74, 6) is -1.06. The first-order valence-corrected chi connectivity index (χ1v) is 5.65.